The number of nitrogens with zero attached hydrogens (tertiary/aromatic N) is 1. The minimum absolute atomic E-state index is 0.284. The highest BCUT2D eigenvalue weighted by molar-refractivity contribution is 5.91. The van der Waals surface area contributed by atoms with E-state index in [-0.39, 0.29) is 5.91 Å². The molecule has 0 radical (unpaired) electrons. The summed E-state index contributed by atoms with van der Waals surface area (Å²) in [5, 5.41) is 0. The van der Waals surface area contributed by atoms with E-state index in [0.29, 0.717) is 17.7 Å². The molecule has 6 heteroatoms. The molecule has 0 fully saturated rings. The Morgan fingerprint density at radius 2 is 1.68 bits per heavy atom. The van der Waals surface area contributed by atoms with Crippen LogP contribution >= 0.6 is 0 Å². The van der Waals surface area contributed by atoms with Gasteiger partial charge in [-0.1, -0.05) is 42.5 Å². The Morgan fingerprint density at radius 3 is 2.29 bits per heavy atom. The molecule has 0 aliphatic rings. The van der Waals surface area contributed by atoms with Crippen molar-refractivity contribution in [3.05, 3.63) is 77.4 Å². The van der Waals surface area contributed by atoms with Crippen LogP contribution in [0.3, 0.4) is 0 Å². The van der Waals surface area contributed by atoms with Gasteiger partial charge in [-0.25, -0.2) is 9.59 Å². The van der Waals surface area contributed by atoms with Crippen LogP contribution in [0, 0.1) is 0 Å². The van der Waals surface area contributed by atoms with E-state index in [1.54, 1.807) is 44.3 Å². The molecule has 0 heterocycles. The van der Waals surface area contributed by atoms with Crippen molar-refractivity contribution in [1.82, 2.24) is 4.90 Å². The second kappa shape index (κ2) is 10.1. The predicted octanol–water partition coefficient (Wildman–Crippen LogP) is 3.08. The third-order valence-electron chi connectivity index (χ3n) is 4.02. The lowest BCUT2D eigenvalue weighted by Gasteiger charge is -2.21. The SMILES string of the molecule is COC(=O)c1ccc(/C=C/C(=O)O[C@H](C)C(=O)N(C)Cc2ccccc2)cc1. The molecule has 1 atom stereocenters. The highest BCUT2D eigenvalue weighted by atomic mass is 16.5. The number of hydrogen-bond donors (Lipinski definition) is 0. The van der Waals surface area contributed by atoms with Crippen molar-refractivity contribution in [3.8, 4) is 0 Å². The molecule has 2 aromatic carbocycles. The van der Waals surface area contributed by atoms with E-state index < -0.39 is 18.0 Å². The van der Waals surface area contributed by atoms with Crippen LogP contribution in [0.25, 0.3) is 6.08 Å². The van der Waals surface area contributed by atoms with E-state index in [1.807, 2.05) is 30.3 Å². The largest absolute Gasteiger partial charge is 0.465 e. The zero-order valence-electron chi connectivity index (χ0n) is 16.1. The zero-order valence-corrected chi connectivity index (χ0v) is 16.1. The first kappa shape index (κ1) is 20.9. The van der Waals surface area contributed by atoms with Gasteiger partial charge in [0, 0.05) is 19.7 Å². The van der Waals surface area contributed by atoms with Gasteiger partial charge in [0.15, 0.2) is 6.10 Å². The van der Waals surface area contributed by atoms with E-state index in [1.165, 1.54) is 18.1 Å². The molecule has 0 saturated carbocycles. The van der Waals surface area contributed by atoms with Gasteiger partial charge in [-0.3, -0.25) is 4.79 Å². The van der Waals surface area contributed by atoms with Crippen molar-refractivity contribution >= 4 is 23.9 Å². The summed E-state index contributed by atoms with van der Waals surface area (Å²) in [6, 6.07) is 16.1. The summed E-state index contributed by atoms with van der Waals surface area (Å²) < 4.78 is 9.81. The maximum absolute atomic E-state index is 12.4. The molecule has 2 rings (SSSR count). The van der Waals surface area contributed by atoms with Gasteiger partial charge < -0.3 is 14.4 Å². The number of amides is 1. The van der Waals surface area contributed by atoms with Crippen LogP contribution in [-0.2, 0) is 25.6 Å². The molecule has 28 heavy (non-hydrogen) atoms. The summed E-state index contributed by atoms with van der Waals surface area (Å²) in [5.74, 6) is -1.33. The van der Waals surface area contributed by atoms with Crippen LogP contribution in [-0.4, -0.2) is 43.0 Å². The Labute approximate surface area is 164 Å². The summed E-state index contributed by atoms with van der Waals surface area (Å²) in [6.45, 7) is 1.98. The number of carbonyl (C=O) groups excluding carboxylic acids is 3. The Kier molecular flexibility index (Phi) is 7.51. The molecule has 0 aromatic heterocycles. The van der Waals surface area contributed by atoms with Gasteiger partial charge in [-0.05, 0) is 36.3 Å². The van der Waals surface area contributed by atoms with E-state index >= 15 is 0 Å². The third-order valence-corrected chi connectivity index (χ3v) is 4.02. The van der Waals surface area contributed by atoms with Crippen molar-refractivity contribution < 1.29 is 23.9 Å². The molecule has 0 unspecified atom stereocenters. The van der Waals surface area contributed by atoms with E-state index in [2.05, 4.69) is 4.74 Å². The van der Waals surface area contributed by atoms with Gasteiger partial charge in [-0.15, -0.1) is 0 Å². The second-order valence-corrected chi connectivity index (χ2v) is 6.21. The summed E-state index contributed by atoms with van der Waals surface area (Å²) in [7, 11) is 2.98. The molecule has 0 bridgehead atoms. The molecular formula is C22H23NO5. The lowest BCUT2D eigenvalue weighted by molar-refractivity contribution is -0.154. The number of carbonyl (C=O) groups is 3. The number of methoxy groups -OCH3 is 1. The van der Waals surface area contributed by atoms with Gasteiger partial charge in [0.05, 0.1) is 12.7 Å². The van der Waals surface area contributed by atoms with Gasteiger partial charge in [0.2, 0.25) is 0 Å². The third kappa shape index (κ3) is 6.09. The van der Waals surface area contributed by atoms with Crippen molar-refractivity contribution in [2.45, 2.75) is 19.6 Å². The fraction of sp³-hybridized carbons (Fsp3) is 0.227. The normalized spacial score (nSPS) is 11.7. The Balaban J connectivity index is 1.88. The molecule has 2 aromatic rings. The Bertz CT molecular complexity index is 843. The van der Waals surface area contributed by atoms with Gasteiger partial charge >= 0.3 is 11.9 Å². The lowest BCUT2D eigenvalue weighted by atomic mass is 10.1. The van der Waals surface area contributed by atoms with Crippen molar-refractivity contribution in [2.24, 2.45) is 0 Å². The van der Waals surface area contributed by atoms with Crippen LogP contribution < -0.4 is 0 Å². The summed E-state index contributed by atoms with van der Waals surface area (Å²) >= 11 is 0. The first-order chi connectivity index (χ1) is 13.4. The molecule has 0 aliphatic carbocycles. The molecule has 0 aliphatic heterocycles. The Hall–Kier alpha value is -3.41. The molecule has 0 saturated heterocycles. The van der Waals surface area contributed by atoms with Gasteiger partial charge in [0.25, 0.3) is 5.91 Å². The van der Waals surface area contributed by atoms with E-state index in [0.717, 1.165) is 5.56 Å². The van der Waals surface area contributed by atoms with Crippen LogP contribution in [0.15, 0.2) is 60.7 Å². The summed E-state index contributed by atoms with van der Waals surface area (Å²) in [6.07, 6.45) is 1.90. The van der Waals surface area contributed by atoms with Crippen molar-refractivity contribution in [3.63, 3.8) is 0 Å². The van der Waals surface area contributed by atoms with Crippen molar-refractivity contribution in [2.75, 3.05) is 14.2 Å². The zero-order chi connectivity index (χ0) is 20.5. The number of likely N-dealkylation sites (N-methyl/N-ethyl adjacent to an activating group) is 1. The number of hydrogen-bond acceptors (Lipinski definition) is 5. The minimum atomic E-state index is -0.896. The maximum Gasteiger partial charge on any atom is 0.337 e. The van der Waals surface area contributed by atoms with Crippen LogP contribution in [0.4, 0.5) is 0 Å². The molecular weight excluding hydrogens is 358 g/mol. The number of esters is 2. The lowest BCUT2D eigenvalue weighted by Crippen LogP contribution is -2.36. The second-order valence-electron chi connectivity index (χ2n) is 6.21. The highest BCUT2D eigenvalue weighted by Gasteiger charge is 2.20. The standard InChI is InChI=1S/C22H23NO5/c1-16(21(25)23(2)15-18-7-5-4-6-8-18)28-20(24)14-11-17-9-12-19(13-10-17)22(26)27-3/h4-14,16H,15H2,1-3H3/b14-11+/t16-/m1/s1. The molecule has 0 N–H and O–H groups in total. The first-order valence-electron chi connectivity index (χ1n) is 8.76. The predicted molar refractivity (Wildman–Crippen MR) is 105 cm³/mol. The highest BCUT2D eigenvalue weighted by Crippen LogP contribution is 2.09. The average molecular weight is 381 g/mol. The average Bonchev–Trinajstić information content (AvgIpc) is 2.72. The fourth-order valence-corrected chi connectivity index (χ4v) is 2.52. The molecule has 146 valence electrons. The number of benzene rings is 2. The van der Waals surface area contributed by atoms with Gasteiger partial charge in [-0.2, -0.15) is 0 Å². The topological polar surface area (TPSA) is 72.9 Å². The minimum Gasteiger partial charge on any atom is -0.465 e. The quantitative estimate of drug-likeness (QED) is 0.544. The Morgan fingerprint density at radius 1 is 1.04 bits per heavy atom. The first-order valence-corrected chi connectivity index (χ1v) is 8.76. The van der Waals surface area contributed by atoms with Crippen molar-refractivity contribution in [1.29, 1.82) is 0 Å². The monoisotopic (exact) mass is 381 g/mol. The summed E-state index contributed by atoms with van der Waals surface area (Å²) in [4.78, 5) is 37.3. The fourth-order valence-electron chi connectivity index (χ4n) is 2.52. The number of ether oxygens (including phenoxy) is 2. The van der Waals surface area contributed by atoms with Gasteiger partial charge in [0.1, 0.15) is 0 Å². The van der Waals surface area contributed by atoms with Crippen LogP contribution in [0.2, 0.25) is 0 Å². The maximum atomic E-state index is 12.4. The van der Waals surface area contributed by atoms with Crippen LogP contribution in [0.5, 0.6) is 0 Å². The molecule has 1 amide bonds. The molecule has 0 spiro atoms. The van der Waals surface area contributed by atoms with Crippen LogP contribution in [0.1, 0.15) is 28.4 Å². The van der Waals surface area contributed by atoms with E-state index in [4.69, 9.17) is 4.74 Å². The van der Waals surface area contributed by atoms with E-state index in [9.17, 15) is 14.4 Å². The number of rotatable bonds is 7. The smallest absolute Gasteiger partial charge is 0.337 e. The molecule has 6 nitrogen and oxygen atoms in total. The summed E-state index contributed by atoms with van der Waals surface area (Å²) in [5.41, 5.74) is 2.12.